The molecule has 0 aromatic heterocycles. The molecule has 0 N–H and O–H groups in total. The molecule has 0 atom stereocenters. The zero-order valence-electron chi connectivity index (χ0n) is 20.7. The minimum atomic E-state index is -4.54. The van der Waals surface area contributed by atoms with E-state index in [1.165, 1.54) is 23.3 Å². The van der Waals surface area contributed by atoms with Crippen LogP contribution in [0, 0.1) is 11.6 Å². The maximum atomic E-state index is 15.2. The highest BCUT2D eigenvalue weighted by Gasteiger charge is 2.29. The molecule has 0 spiro atoms. The van der Waals surface area contributed by atoms with Crippen LogP contribution in [0.25, 0.3) is 10.8 Å². The monoisotopic (exact) mass is 512 g/mol. The Morgan fingerprint density at radius 3 is 1.92 bits per heavy atom. The third kappa shape index (κ3) is 7.31. The van der Waals surface area contributed by atoms with Crippen molar-refractivity contribution in [1.82, 2.24) is 0 Å². The number of benzene rings is 4. The Kier molecular flexibility index (Phi) is 8.47. The summed E-state index contributed by atoms with van der Waals surface area (Å²) in [7, 11) is 0. The first kappa shape index (κ1) is 26.6. The van der Waals surface area contributed by atoms with Crippen molar-refractivity contribution >= 4 is 10.8 Å². The van der Waals surface area contributed by atoms with Crippen molar-refractivity contribution in [2.75, 3.05) is 6.61 Å². The molecule has 0 aliphatic heterocycles. The normalized spacial score (nSPS) is 11.7. The first-order chi connectivity index (χ1) is 17.7. The fraction of sp³-hybridized carbons (Fsp3) is 0.290. The van der Waals surface area contributed by atoms with Gasteiger partial charge in [0.25, 0.3) is 0 Å². The van der Waals surface area contributed by atoms with E-state index in [1.807, 2.05) is 18.2 Å². The van der Waals surface area contributed by atoms with Crippen LogP contribution in [-0.2, 0) is 32.1 Å². The fourth-order valence-electron chi connectivity index (χ4n) is 4.44. The molecule has 0 aliphatic rings. The quantitative estimate of drug-likeness (QED) is 0.193. The van der Waals surface area contributed by atoms with E-state index in [1.54, 1.807) is 12.1 Å². The third-order valence-corrected chi connectivity index (χ3v) is 6.43. The van der Waals surface area contributed by atoms with E-state index in [9.17, 15) is 17.6 Å². The van der Waals surface area contributed by atoms with Crippen LogP contribution in [0.3, 0.4) is 0 Å². The predicted octanol–water partition coefficient (Wildman–Crippen LogP) is 8.58. The Hall–Kier alpha value is -3.41. The van der Waals surface area contributed by atoms with Gasteiger partial charge in [-0.25, -0.2) is 8.78 Å². The lowest BCUT2D eigenvalue weighted by atomic mass is 9.97. The van der Waals surface area contributed by atoms with Gasteiger partial charge in [0.1, 0.15) is 5.82 Å². The highest BCUT2D eigenvalue weighted by Crippen LogP contribution is 2.26. The number of aryl methyl sites for hydroxylation is 5. The molecule has 0 heterocycles. The van der Waals surface area contributed by atoms with Crippen molar-refractivity contribution in [3.63, 3.8) is 0 Å². The third-order valence-electron chi connectivity index (χ3n) is 6.43. The summed E-state index contributed by atoms with van der Waals surface area (Å²) in [6.45, 7) is 0.613. The van der Waals surface area contributed by atoms with Crippen LogP contribution in [0.1, 0.15) is 41.2 Å². The van der Waals surface area contributed by atoms with Crippen LogP contribution < -0.4 is 4.74 Å². The summed E-state index contributed by atoms with van der Waals surface area (Å²) >= 11 is 0. The van der Waals surface area contributed by atoms with Gasteiger partial charge >= 0.3 is 6.18 Å². The Morgan fingerprint density at radius 1 is 0.649 bits per heavy atom. The molecule has 4 aromatic rings. The second kappa shape index (κ2) is 11.8. The largest absolute Gasteiger partial charge is 0.481 e. The molecule has 0 aliphatic carbocycles. The summed E-state index contributed by atoms with van der Waals surface area (Å²) in [6.07, 6.45) is 0.121. The van der Waals surface area contributed by atoms with Gasteiger partial charge in [-0.2, -0.15) is 13.2 Å². The molecule has 0 radical (unpaired) electrons. The number of rotatable bonds is 10. The molecule has 0 saturated heterocycles. The van der Waals surface area contributed by atoms with Crippen molar-refractivity contribution in [3.8, 4) is 5.75 Å². The van der Waals surface area contributed by atoms with Crippen molar-refractivity contribution < 1.29 is 26.7 Å². The van der Waals surface area contributed by atoms with E-state index in [0.29, 0.717) is 29.4 Å². The molecule has 4 rings (SSSR count). The minimum absolute atomic E-state index is 0.304. The van der Waals surface area contributed by atoms with E-state index < -0.39 is 24.3 Å². The average Bonchev–Trinajstić information content (AvgIpc) is 2.87. The van der Waals surface area contributed by atoms with Crippen LogP contribution in [-0.4, -0.2) is 12.8 Å². The van der Waals surface area contributed by atoms with Crippen molar-refractivity contribution in [1.29, 1.82) is 0 Å². The smallest absolute Gasteiger partial charge is 0.422 e. The topological polar surface area (TPSA) is 9.23 Å². The number of ether oxygens (including phenoxy) is 1. The summed E-state index contributed by atoms with van der Waals surface area (Å²) in [5.41, 5.74) is 4.82. The maximum absolute atomic E-state index is 15.2. The molecule has 4 aromatic carbocycles. The molecule has 6 heteroatoms. The van der Waals surface area contributed by atoms with Crippen LogP contribution in [0.2, 0.25) is 0 Å². The molecule has 0 amide bonds. The van der Waals surface area contributed by atoms with E-state index in [4.69, 9.17) is 0 Å². The number of fused-ring (bicyclic) bond motifs is 1. The molecule has 0 fully saturated rings. The first-order valence-corrected chi connectivity index (χ1v) is 12.5. The Bertz CT molecular complexity index is 1340. The van der Waals surface area contributed by atoms with Gasteiger partial charge in [0.2, 0.25) is 0 Å². The molecular formula is C31H29F5O. The average molecular weight is 513 g/mol. The lowest BCUT2D eigenvalue weighted by Gasteiger charge is -2.11. The lowest BCUT2D eigenvalue weighted by Crippen LogP contribution is -2.19. The van der Waals surface area contributed by atoms with Gasteiger partial charge in [0.05, 0.1) is 0 Å². The molecule has 37 heavy (non-hydrogen) atoms. The van der Waals surface area contributed by atoms with Gasteiger partial charge in [0, 0.05) is 5.39 Å². The van der Waals surface area contributed by atoms with E-state index in [2.05, 4.69) is 35.9 Å². The SMILES string of the molecule is CCCc1ccc(CCc2ccc3c(F)c(CCc4ccc(OCC(F)(F)F)c(F)c4)ccc3c2)cc1. The van der Waals surface area contributed by atoms with Gasteiger partial charge in [-0.1, -0.05) is 74.0 Å². The van der Waals surface area contributed by atoms with Gasteiger partial charge in [-0.15, -0.1) is 0 Å². The highest BCUT2D eigenvalue weighted by molar-refractivity contribution is 5.84. The standard InChI is InChI=1S/C31H29F5O/c1-2-3-21-4-6-22(7-5-21)8-9-23-11-16-27-26(18-23)15-14-25(30(27)33)13-10-24-12-17-29(28(32)19-24)37-20-31(34,35)36/h4-7,11-12,14-19H,2-3,8-10,13,20H2,1H3. The predicted molar refractivity (Wildman–Crippen MR) is 137 cm³/mol. The zero-order chi connectivity index (χ0) is 26.4. The van der Waals surface area contributed by atoms with Crippen molar-refractivity contribution in [3.05, 3.63) is 112 Å². The van der Waals surface area contributed by atoms with E-state index in [-0.39, 0.29) is 5.82 Å². The number of hydrogen-bond acceptors (Lipinski definition) is 1. The van der Waals surface area contributed by atoms with Crippen LogP contribution in [0.15, 0.2) is 72.8 Å². The molecule has 0 unspecified atom stereocenters. The van der Waals surface area contributed by atoms with E-state index >= 15 is 4.39 Å². The molecule has 194 valence electrons. The summed E-state index contributed by atoms with van der Waals surface area (Å²) in [5.74, 6) is -1.63. The minimum Gasteiger partial charge on any atom is -0.481 e. The maximum Gasteiger partial charge on any atom is 0.422 e. The Labute approximate surface area is 213 Å². The van der Waals surface area contributed by atoms with E-state index in [0.717, 1.165) is 42.7 Å². The molecule has 0 saturated carbocycles. The van der Waals surface area contributed by atoms with Crippen LogP contribution in [0.5, 0.6) is 5.75 Å². The fourth-order valence-corrected chi connectivity index (χ4v) is 4.44. The zero-order valence-corrected chi connectivity index (χ0v) is 20.7. The van der Waals surface area contributed by atoms with Crippen LogP contribution in [0.4, 0.5) is 22.0 Å². The molecular weight excluding hydrogens is 483 g/mol. The Morgan fingerprint density at radius 2 is 1.24 bits per heavy atom. The Balaban J connectivity index is 1.38. The second-order valence-corrected chi connectivity index (χ2v) is 9.33. The number of alkyl halides is 3. The lowest BCUT2D eigenvalue weighted by molar-refractivity contribution is -0.153. The van der Waals surface area contributed by atoms with Crippen molar-refractivity contribution in [2.45, 2.75) is 51.6 Å². The van der Waals surface area contributed by atoms with Gasteiger partial charge in [0.15, 0.2) is 18.2 Å². The summed E-state index contributed by atoms with van der Waals surface area (Å²) in [6, 6.07) is 21.9. The molecule has 1 nitrogen and oxygen atoms in total. The number of hydrogen-bond donors (Lipinski definition) is 0. The van der Waals surface area contributed by atoms with Crippen LogP contribution >= 0.6 is 0 Å². The first-order valence-electron chi connectivity index (χ1n) is 12.5. The van der Waals surface area contributed by atoms with Gasteiger partial charge in [-0.3, -0.25) is 0 Å². The van der Waals surface area contributed by atoms with Gasteiger partial charge in [-0.05, 0) is 77.4 Å². The summed E-state index contributed by atoms with van der Waals surface area (Å²) in [5, 5.41) is 1.36. The second-order valence-electron chi connectivity index (χ2n) is 9.33. The summed E-state index contributed by atoms with van der Waals surface area (Å²) < 4.78 is 70.7. The highest BCUT2D eigenvalue weighted by atomic mass is 19.4. The van der Waals surface area contributed by atoms with Gasteiger partial charge < -0.3 is 4.74 Å². The summed E-state index contributed by atoms with van der Waals surface area (Å²) in [4.78, 5) is 0. The number of halogens is 5. The van der Waals surface area contributed by atoms with Crippen molar-refractivity contribution in [2.24, 2.45) is 0 Å². The molecule has 0 bridgehead atoms.